The quantitative estimate of drug-likeness (QED) is 0.773. The third kappa shape index (κ3) is 3.24. The molecule has 1 aliphatic rings. The lowest BCUT2D eigenvalue weighted by Crippen LogP contribution is -2.22. The minimum absolute atomic E-state index is 0.284. The van der Waals surface area contributed by atoms with E-state index >= 15 is 0 Å². The molecule has 1 saturated heterocycles. The predicted octanol–water partition coefficient (Wildman–Crippen LogP) is 4.38. The molecule has 1 aromatic heterocycles. The second-order valence-corrected chi connectivity index (χ2v) is 8.97. The standard InChI is InChI=1S/C14H16BrN3OS2/c1-7-8(2)21-12(6-20-7)13-17-14(19-18-13)10-5-9(15)3-4-11(10)16/h3-5,7-8,12H,6,16H2,1-2H3. The highest BCUT2D eigenvalue weighted by molar-refractivity contribution is 9.10. The molecule has 7 heteroatoms. The molecule has 0 amide bonds. The van der Waals surface area contributed by atoms with Crippen molar-refractivity contribution in [2.24, 2.45) is 0 Å². The summed E-state index contributed by atoms with van der Waals surface area (Å²) in [7, 11) is 0. The summed E-state index contributed by atoms with van der Waals surface area (Å²) in [6, 6.07) is 5.63. The second-order valence-electron chi connectivity index (χ2n) is 5.06. The first kappa shape index (κ1) is 15.2. The average Bonchev–Trinajstić information content (AvgIpc) is 2.94. The molecule has 3 atom stereocenters. The van der Waals surface area contributed by atoms with Crippen LogP contribution in [0.4, 0.5) is 5.69 Å². The lowest BCUT2D eigenvalue weighted by atomic mass is 10.2. The Kier molecular flexibility index (Phi) is 4.51. The van der Waals surface area contributed by atoms with E-state index in [0.717, 1.165) is 21.6 Å². The van der Waals surface area contributed by atoms with Gasteiger partial charge in [0.15, 0.2) is 5.82 Å². The highest BCUT2D eigenvalue weighted by Crippen LogP contribution is 2.43. The van der Waals surface area contributed by atoms with Crippen LogP contribution in [-0.2, 0) is 0 Å². The molecule has 1 aromatic carbocycles. The Morgan fingerprint density at radius 3 is 2.90 bits per heavy atom. The first-order chi connectivity index (χ1) is 10.0. The van der Waals surface area contributed by atoms with Gasteiger partial charge in [-0.3, -0.25) is 0 Å². The van der Waals surface area contributed by atoms with Crippen LogP contribution in [0.2, 0.25) is 0 Å². The molecule has 21 heavy (non-hydrogen) atoms. The van der Waals surface area contributed by atoms with E-state index < -0.39 is 0 Å². The third-order valence-corrected chi connectivity index (χ3v) is 7.41. The molecular weight excluding hydrogens is 370 g/mol. The van der Waals surface area contributed by atoms with Crippen LogP contribution in [-0.4, -0.2) is 26.4 Å². The van der Waals surface area contributed by atoms with Gasteiger partial charge < -0.3 is 10.3 Å². The van der Waals surface area contributed by atoms with Crippen molar-refractivity contribution in [2.45, 2.75) is 29.6 Å². The van der Waals surface area contributed by atoms with E-state index in [2.05, 4.69) is 39.9 Å². The van der Waals surface area contributed by atoms with Gasteiger partial charge in [0.25, 0.3) is 5.89 Å². The van der Waals surface area contributed by atoms with Gasteiger partial charge >= 0.3 is 0 Å². The monoisotopic (exact) mass is 385 g/mol. The number of hydrogen-bond donors (Lipinski definition) is 1. The summed E-state index contributed by atoms with van der Waals surface area (Å²) in [4.78, 5) is 4.55. The number of nitrogens with zero attached hydrogens (tertiary/aromatic N) is 2. The first-order valence-corrected chi connectivity index (χ1v) is 9.49. The molecule has 4 nitrogen and oxygen atoms in total. The molecule has 0 saturated carbocycles. The maximum atomic E-state index is 5.99. The topological polar surface area (TPSA) is 64.9 Å². The second kappa shape index (κ2) is 6.22. The van der Waals surface area contributed by atoms with Crippen LogP contribution in [0.15, 0.2) is 27.2 Å². The summed E-state index contributed by atoms with van der Waals surface area (Å²) in [5.74, 6) is 2.27. The van der Waals surface area contributed by atoms with Crippen molar-refractivity contribution in [3.8, 4) is 11.5 Å². The third-order valence-electron chi connectivity index (χ3n) is 3.53. The van der Waals surface area contributed by atoms with Gasteiger partial charge in [-0.05, 0) is 18.2 Å². The zero-order valence-corrected chi connectivity index (χ0v) is 15.0. The Hall–Kier alpha value is -0.660. The zero-order chi connectivity index (χ0) is 15.0. The fourth-order valence-electron chi connectivity index (χ4n) is 2.11. The zero-order valence-electron chi connectivity index (χ0n) is 11.7. The van der Waals surface area contributed by atoms with Crippen molar-refractivity contribution in [1.29, 1.82) is 0 Å². The van der Waals surface area contributed by atoms with Gasteiger partial charge in [0.2, 0.25) is 0 Å². The van der Waals surface area contributed by atoms with Gasteiger partial charge in [0, 0.05) is 26.4 Å². The van der Waals surface area contributed by atoms with Crippen molar-refractivity contribution in [3.05, 3.63) is 28.5 Å². The van der Waals surface area contributed by atoms with Crippen LogP contribution in [0, 0.1) is 0 Å². The number of halogens is 1. The van der Waals surface area contributed by atoms with Crippen LogP contribution in [0.3, 0.4) is 0 Å². The van der Waals surface area contributed by atoms with Crippen molar-refractivity contribution in [2.75, 3.05) is 11.5 Å². The summed E-state index contributed by atoms with van der Waals surface area (Å²) < 4.78 is 6.36. The molecule has 1 aliphatic heterocycles. The number of hydrogen-bond acceptors (Lipinski definition) is 6. The SMILES string of the molecule is CC1SCC(c2noc(-c3cc(Br)ccc3N)n2)SC1C. The molecule has 3 unspecified atom stereocenters. The lowest BCUT2D eigenvalue weighted by Gasteiger charge is -2.29. The Morgan fingerprint density at radius 2 is 2.14 bits per heavy atom. The molecular formula is C14H16BrN3OS2. The van der Waals surface area contributed by atoms with Crippen LogP contribution >= 0.6 is 39.5 Å². The van der Waals surface area contributed by atoms with Gasteiger partial charge in [-0.1, -0.05) is 34.9 Å². The Labute approximate surface area is 140 Å². The smallest absolute Gasteiger partial charge is 0.260 e. The molecule has 0 radical (unpaired) electrons. The van der Waals surface area contributed by atoms with E-state index in [1.54, 1.807) is 0 Å². The van der Waals surface area contributed by atoms with E-state index in [1.165, 1.54) is 0 Å². The minimum Gasteiger partial charge on any atom is -0.398 e. The number of nitrogen functional groups attached to an aromatic ring is 1. The van der Waals surface area contributed by atoms with Gasteiger partial charge in [-0.2, -0.15) is 16.7 Å². The Bertz CT molecular complexity index is 649. The average molecular weight is 386 g/mol. The van der Waals surface area contributed by atoms with E-state index in [1.807, 2.05) is 41.7 Å². The largest absolute Gasteiger partial charge is 0.398 e. The van der Waals surface area contributed by atoms with Crippen molar-refractivity contribution in [1.82, 2.24) is 10.1 Å². The van der Waals surface area contributed by atoms with Crippen molar-refractivity contribution < 1.29 is 4.52 Å². The summed E-state index contributed by atoms with van der Waals surface area (Å²) >= 11 is 7.32. The van der Waals surface area contributed by atoms with Gasteiger partial charge in [-0.25, -0.2) is 0 Å². The molecule has 0 bridgehead atoms. The Morgan fingerprint density at radius 1 is 1.33 bits per heavy atom. The molecule has 3 rings (SSSR count). The molecule has 2 aromatic rings. The normalized spacial score (nSPS) is 26.0. The maximum Gasteiger partial charge on any atom is 0.260 e. The van der Waals surface area contributed by atoms with Crippen LogP contribution in [0.25, 0.3) is 11.5 Å². The summed E-state index contributed by atoms with van der Waals surface area (Å²) in [5.41, 5.74) is 7.41. The van der Waals surface area contributed by atoms with E-state index in [4.69, 9.17) is 10.3 Å². The minimum atomic E-state index is 0.284. The van der Waals surface area contributed by atoms with Gasteiger partial charge in [-0.15, -0.1) is 11.8 Å². The predicted molar refractivity (Wildman–Crippen MR) is 93.6 cm³/mol. The fraction of sp³-hybridized carbons (Fsp3) is 0.429. The van der Waals surface area contributed by atoms with E-state index in [-0.39, 0.29) is 5.25 Å². The first-order valence-electron chi connectivity index (χ1n) is 6.70. The van der Waals surface area contributed by atoms with Gasteiger partial charge in [0.1, 0.15) is 0 Å². The number of rotatable bonds is 2. The number of nitrogens with two attached hydrogens (primary N) is 1. The highest BCUT2D eigenvalue weighted by Gasteiger charge is 2.30. The Balaban J connectivity index is 1.85. The maximum absolute atomic E-state index is 5.99. The number of benzene rings is 1. The molecule has 2 N–H and O–H groups in total. The molecule has 0 aliphatic carbocycles. The fourth-order valence-corrected chi connectivity index (χ4v) is 5.30. The molecule has 1 fully saturated rings. The van der Waals surface area contributed by atoms with Gasteiger partial charge in [0.05, 0.1) is 10.8 Å². The number of thioether (sulfide) groups is 2. The number of aromatic nitrogens is 2. The molecule has 2 heterocycles. The van der Waals surface area contributed by atoms with Crippen LogP contribution < -0.4 is 5.73 Å². The lowest BCUT2D eigenvalue weighted by molar-refractivity contribution is 0.423. The van der Waals surface area contributed by atoms with E-state index in [0.29, 0.717) is 22.1 Å². The van der Waals surface area contributed by atoms with Crippen molar-refractivity contribution in [3.63, 3.8) is 0 Å². The highest BCUT2D eigenvalue weighted by atomic mass is 79.9. The van der Waals surface area contributed by atoms with Crippen molar-refractivity contribution >= 4 is 45.1 Å². The van der Waals surface area contributed by atoms with Crippen LogP contribution in [0.5, 0.6) is 0 Å². The summed E-state index contributed by atoms with van der Waals surface area (Å²) in [6.07, 6.45) is 0. The molecule has 0 spiro atoms. The molecule has 112 valence electrons. The summed E-state index contributed by atoms with van der Waals surface area (Å²) in [6.45, 7) is 4.52. The van der Waals surface area contributed by atoms with Crippen LogP contribution in [0.1, 0.15) is 24.9 Å². The number of anilines is 1. The summed E-state index contributed by atoms with van der Waals surface area (Å²) in [5, 5.41) is 5.69. The van der Waals surface area contributed by atoms with E-state index in [9.17, 15) is 0 Å².